The van der Waals surface area contributed by atoms with Gasteiger partial charge in [-0.25, -0.2) is 4.98 Å². The maximum absolute atomic E-state index is 4.71. The monoisotopic (exact) mass is 322 g/mol. The van der Waals surface area contributed by atoms with E-state index in [2.05, 4.69) is 57.6 Å². The number of fused-ring (bicyclic) bond motifs is 1. The molecule has 0 bridgehead atoms. The summed E-state index contributed by atoms with van der Waals surface area (Å²) in [5.74, 6) is 1.59. The summed E-state index contributed by atoms with van der Waals surface area (Å²) in [5, 5.41) is 6.87. The Bertz CT molecular complexity index is 772. The zero-order valence-electron chi connectivity index (χ0n) is 14.0. The third kappa shape index (κ3) is 2.97. The molecule has 1 saturated heterocycles. The van der Waals surface area contributed by atoms with Crippen molar-refractivity contribution in [3.05, 3.63) is 41.6 Å². The van der Waals surface area contributed by atoms with Crippen molar-refractivity contribution in [3.8, 4) is 0 Å². The summed E-state index contributed by atoms with van der Waals surface area (Å²) in [4.78, 5) is 15.8. The van der Waals surface area contributed by atoms with E-state index in [4.69, 9.17) is 4.98 Å². The summed E-state index contributed by atoms with van der Waals surface area (Å²) in [6.07, 6.45) is 3.74. The van der Waals surface area contributed by atoms with Crippen LogP contribution in [0.1, 0.15) is 25.0 Å². The highest BCUT2D eigenvalue weighted by atomic mass is 15.3. The number of nitrogens with one attached hydrogen (secondary N) is 2. The minimum absolute atomic E-state index is 0.382. The second kappa shape index (κ2) is 6.20. The van der Waals surface area contributed by atoms with Crippen LogP contribution in [0.5, 0.6) is 0 Å². The third-order valence-corrected chi connectivity index (χ3v) is 4.57. The maximum Gasteiger partial charge on any atom is 0.227 e. The fourth-order valence-corrected chi connectivity index (χ4v) is 3.18. The van der Waals surface area contributed by atoms with E-state index < -0.39 is 0 Å². The normalized spacial score (nSPS) is 22.5. The smallest absolute Gasteiger partial charge is 0.227 e. The lowest BCUT2D eigenvalue weighted by molar-refractivity contribution is 0.420. The molecule has 0 radical (unpaired) electrons. The number of anilines is 3. The molecule has 0 saturated carbocycles. The number of nitrogens with zero attached hydrogens (tertiary/aromatic N) is 4. The van der Waals surface area contributed by atoms with Crippen LogP contribution in [0, 0.1) is 0 Å². The predicted molar refractivity (Wildman–Crippen MR) is 97.3 cm³/mol. The maximum atomic E-state index is 4.71. The lowest BCUT2D eigenvalue weighted by atomic mass is 10.1. The highest BCUT2D eigenvalue weighted by Gasteiger charge is 2.24. The van der Waals surface area contributed by atoms with Gasteiger partial charge in [-0.15, -0.1) is 0 Å². The third-order valence-electron chi connectivity index (χ3n) is 4.57. The molecule has 2 aliphatic heterocycles. The van der Waals surface area contributed by atoms with Crippen molar-refractivity contribution in [3.63, 3.8) is 0 Å². The summed E-state index contributed by atoms with van der Waals surface area (Å²) < 4.78 is 0. The Balaban J connectivity index is 1.55. The van der Waals surface area contributed by atoms with E-state index in [-0.39, 0.29) is 0 Å². The fourth-order valence-electron chi connectivity index (χ4n) is 3.18. The predicted octanol–water partition coefficient (Wildman–Crippen LogP) is 2.34. The zero-order valence-corrected chi connectivity index (χ0v) is 14.0. The molecule has 2 atom stereocenters. The van der Waals surface area contributed by atoms with Gasteiger partial charge in [-0.2, -0.15) is 4.98 Å². The molecular weight excluding hydrogens is 300 g/mol. The lowest BCUT2D eigenvalue weighted by Gasteiger charge is -2.37. The largest absolute Gasteiger partial charge is 0.340 e. The van der Waals surface area contributed by atoms with Crippen molar-refractivity contribution >= 4 is 23.7 Å². The lowest BCUT2D eigenvalue weighted by Crippen LogP contribution is -2.55. The number of aliphatic imine (C=N–C) groups is 1. The Morgan fingerprint density at radius 1 is 1.25 bits per heavy atom. The Morgan fingerprint density at radius 3 is 3.08 bits per heavy atom. The number of benzene rings is 1. The van der Waals surface area contributed by atoms with Gasteiger partial charge in [-0.3, -0.25) is 4.99 Å². The SMILES string of the molecule is CC1CN(c2nccc(Nc3ccc4c(c3)C=NC4)n2)C(C)CN1. The molecule has 2 N–H and O–H groups in total. The van der Waals surface area contributed by atoms with Crippen LogP contribution in [0.4, 0.5) is 17.5 Å². The molecule has 3 heterocycles. The van der Waals surface area contributed by atoms with Gasteiger partial charge in [-0.1, -0.05) is 6.07 Å². The molecule has 0 aliphatic carbocycles. The number of aromatic nitrogens is 2. The summed E-state index contributed by atoms with van der Waals surface area (Å²) in [6.45, 7) is 7.04. The minimum atomic E-state index is 0.382. The molecule has 2 aliphatic rings. The van der Waals surface area contributed by atoms with E-state index in [9.17, 15) is 0 Å². The van der Waals surface area contributed by atoms with E-state index >= 15 is 0 Å². The van der Waals surface area contributed by atoms with E-state index in [0.29, 0.717) is 12.1 Å². The first-order chi connectivity index (χ1) is 11.7. The second-order valence-electron chi connectivity index (χ2n) is 6.56. The van der Waals surface area contributed by atoms with E-state index in [0.717, 1.165) is 37.1 Å². The van der Waals surface area contributed by atoms with Crippen molar-refractivity contribution in [2.24, 2.45) is 4.99 Å². The first kappa shape index (κ1) is 15.1. The second-order valence-corrected chi connectivity index (χ2v) is 6.56. The average Bonchev–Trinajstić information content (AvgIpc) is 3.05. The molecule has 0 spiro atoms. The van der Waals surface area contributed by atoms with E-state index in [1.807, 2.05) is 18.5 Å². The van der Waals surface area contributed by atoms with Gasteiger partial charge < -0.3 is 15.5 Å². The Kier molecular flexibility index (Phi) is 3.90. The highest BCUT2D eigenvalue weighted by Crippen LogP contribution is 2.23. The number of hydrogen-bond acceptors (Lipinski definition) is 6. The topological polar surface area (TPSA) is 65.4 Å². The molecule has 0 amide bonds. The molecule has 4 rings (SSSR count). The van der Waals surface area contributed by atoms with Gasteiger partial charge in [0.25, 0.3) is 0 Å². The number of piperazine rings is 1. The first-order valence-electron chi connectivity index (χ1n) is 8.42. The Labute approximate surface area is 142 Å². The summed E-state index contributed by atoms with van der Waals surface area (Å²) in [6, 6.07) is 9.03. The van der Waals surface area contributed by atoms with Gasteiger partial charge in [0, 0.05) is 43.3 Å². The molecular formula is C18H22N6. The zero-order chi connectivity index (χ0) is 16.5. The van der Waals surface area contributed by atoms with Crippen LogP contribution >= 0.6 is 0 Å². The molecule has 2 aromatic rings. The minimum Gasteiger partial charge on any atom is -0.340 e. The average molecular weight is 322 g/mol. The Hall–Kier alpha value is -2.47. The summed E-state index contributed by atoms with van der Waals surface area (Å²) >= 11 is 0. The van der Waals surface area contributed by atoms with Crippen molar-refractivity contribution in [1.82, 2.24) is 15.3 Å². The summed E-state index contributed by atoms with van der Waals surface area (Å²) in [7, 11) is 0. The van der Waals surface area contributed by atoms with Crippen molar-refractivity contribution in [2.45, 2.75) is 32.5 Å². The van der Waals surface area contributed by atoms with E-state index in [1.165, 1.54) is 11.1 Å². The van der Waals surface area contributed by atoms with Crippen LogP contribution in [-0.2, 0) is 6.54 Å². The van der Waals surface area contributed by atoms with Crippen LogP contribution in [0.3, 0.4) is 0 Å². The molecule has 1 aromatic carbocycles. The molecule has 1 fully saturated rings. The molecule has 6 heteroatoms. The molecule has 6 nitrogen and oxygen atoms in total. The van der Waals surface area contributed by atoms with Gasteiger partial charge in [-0.05, 0) is 43.2 Å². The van der Waals surface area contributed by atoms with Gasteiger partial charge in [0.2, 0.25) is 5.95 Å². The van der Waals surface area contributed by atoms with E-state index in [1.54, 1.807) is 0 Å². The van der Waals surface area contributed by atoms with Gasteiger partial charge in [0.15, 0.2) is 0 Å². The van der Waals surface area contributed by atoms with Crippen molar-refractivity contribution in [1.29, 1.82) is 0 Å². The molecule has 1 aromatic heterocycles. The van der Waals surface area contributed by atoms with Crippen LogP contribution in [0.2, 0.25) is 0 Å². The number of hydrogen-bond donors (Lipinski definition) is 2. The first-order valence-corrected chi connectivity index (χ1v) is 8.42. The fraction of sp³-hybridized carbons (Fsp3) is 0.389. The van der Waals surface area contributed by atoms with Gasteiger partial charge in [0.1, 0.15) is 5.82 Å². The van der Waals surface area contributed by atoms with Crippen LogP contribution < -0.4 is 15.5 Å². The van der Waals surface area contributed by atoms with Crippen molar-refractivity contribution in [2.75, 3.05) is 23.3 Å². The summed E-state index contributed by atoms with van der Waals surface area (Å²) in [5.41, 5.74) is 3.47. The highest BCUT2D eigenvalue weighted by molar-refractivity contribution is 5.86. The van der Waals surface area contributed by atoms with Gasteiger partial charge in [0.05, 0.1) is 6.54 Å². The standard InChI is InChI=1S/C18H22N6/c1-12-11-24(13(2)8-21-12)18-20-6-5-17(23-18)22-16-4-3-14-9-19-10-15(14)7-16/h3-7,10,12-13,21H,8-9,11H2,1-2H3,(H,20,22,23). The van der Waals surface area contributed by atoms with Gasteiger partial charge >= 0.3 is 0 Å². The quantitative estimate of drug-likeness (QED) is 0.908. The Morgan fingerprint density at radius 2 is 2.17 bits per heavy atom. The molecule has 2 unspecified atom stereocenters. The molecule has 124 valence electrons. The van der Waals surface area contributed by atoms with Crippen LogP contribution in [0.15, 0.2) is 35.5 Å². The van der Waals surface area contributed by atoms with Crippen LogP contribution in [-0.4, -0.2) is 41.4 Å². The van der Waals surface area contributed by atoms with Crippen molar-refractivity contribution < 1.29 is 0 Å². The van der Waals surface area contributed by atoms with Crippen LogP contribution in [0.25, 0.3) is 0 Å². The molecule has 24 heavy (non-hydrogen) atoms. The number of rotatable bonds is 3.